The Labute approximate surface area is 110 Å². The Morgan fingerprint density at radius 3 is 2.95 bits per heavy atom. The first-order valence-electron chi connectivity index (χ1n) is 6.38. The molecule has 3 aromatic rings. The van der Waals surface area contributed by atoms with Gasteiger partial charge in [0.05, 0.1) is 0 Å². The third-order valence-corrected chi connectivity index (χ3v) is 3.48. The maximum atomic E-state index is 5.80. The van der Waals surface area contributed by atoms with Crippen LogP contribution in [0, 0.1) is 6.92 Å². The normalized spacial score (nSPS) is 17.4. The molecular formula is C15H13N3O. The van der Waals surface area contributed by atoms with Crippen molar-refractivity contribution in [2.45, 2.75) is 19.4 Å². The molecule has 0 saturated carbocycles. The van der Waals surface area contributed by atoms with Gasteiger partial charge in [0.25, 0.3) is 0 Å². The number of fused-ring (bicyclic) bond motifs is 2. The van der Waals surface area contributed by atoms with Crippen LogP contribution in [0.15, 0.2) is 40.8 Å². The van der Waals surface area contributed by atoms with E-state index in [1.165, 1.54) is 11.3 Å². The fourth-order valence-electron chi connectivity index (χ4n) is 2.53. The Hall–Kier alpha value is -2.36. The Bertz CT molecular complexity index is 738. The highest BCUT2D eigenvalue weighted by Crippen LogP contribution is 2.34. The molecule has 3 heterocycles. The van der Waals surface area contributed by atoms with Crippen LogP contribution in [-0.2, 0) is 6.42 Å². The van der Waals surface area contributed by atoms with Gasteiger partial charge in [0, 0.05) is 17.8 Å². The predicted molar refractivity (Wildman–Crippen MR) is 73.1 cm³/mol. The number of oxazole rings is 1. The number of nitrogens with zero attached hydrogens (tertiary/aromatic N) is 2. The van der Waals surface area contributed by atoms with Gasteiger partial charge in [0.15, 0.2) is 11.2 Å². The quantitative estimate of drug-likeness (QED) is 0.721. The van der Waals surface area contributed by atoms with Crippen LogP contribution in [0.5, 0.6) is 0 Å². The summed E-state index contributed by atoms with van der Waals surface area (Å²) in [4.78, 5) is 8.88. The van der Waals surface area contributed by atoms with Crippen molar-refractivity contribution in [2.75, 3.05) is 5.32 Å². The second-order valence-electron chi connectivity index (χ2n) is 4.88. The lowest BCUT2D eigenvalue weighted by Gasteiger charge is -2.05. The summed E-state index contributed by atoms with van der Waals surface area (Å²) in [5, 5.41) is 3.44. The minimum Gasteiger partial charge on any atom is -0.437 e. The zero-order chi connectivity index (χ0) is 12.8. The van der Waals surface area contributed by atoms with Crippen LogP contribution in [0.2, 0.25) is 0 Å². The molecule has 1 N–H and O–H groups in total. The Balaban J connectivity index is 1.73. The molecule has 94 valence electrons. The molecule has 1 aliphatic rings. The van der Waals surface area contributed by atoms with E-state index in [2.05, 4.69) is 33.5 Å². The molecule has 0 fully saturated rings. The second-order valence-corrected chi connectivity index (χ2v) is 4.88. The maximum Gasteiger partial charge on any atom is 0.219 e. The molecule has 1 atom stereocenters. The van der Waals surface area contributed by atoms with E-state index in [-0.39, 0.29) is 6.04 Å². The molecule has 19 heavy (non-hydrogen) atoms. The van der Waals surface area contributed by atoms with Crippen molar-refractivity contribution in [3.63, 3.8) is 0 Å². The van der Waals surface area contributed by atoms with E-state index in [9.17, 15) is 0 Å². The lowest BCUT2D eigenvalue weighted by molar-refractivity contribution is 0.497. The van der Waals surface area contributed by atoms with Gasteiger partial charge in [0.1, 0.15) is 6.04 Å². The first-order valence-corrected chi connectivity index (χ1v) is 6.38. The highest BCUT2D eigenvalue weighted by atomic mass is 16.3. The minimum atomic E-state index is 0.104. The van der Waals surface area contributed by atoms with Gasteiger partial charge in [-0.3, -0.25) is 0 Å². The van der Waals surface area contributed by atoms with Gasteiger partial charge in [0.2, 0.25) is 5.89 Å². The van der Waals surface area contributed by atoms with Crippen LogP contribution in [-0.4, -0.2) is 9.97 Å². The third-order valence-electron chi connectivity index (χ3n) is 3.48. The predicted octanol–water partition coefficient (Wildman–Crippen LogP) is 3.24. The lowest BCUT2D eigenvalue weighted by atomic mass is 10.1. The van der Waals surface area contributed by atoms with Crippen molar-refractivity contribution in [1.29, 1.82) is 0 Å². The van der Waals surface area contributed by atoms with Crippen LogP contribution >= 0.6 is 0 Å². The smallest absolute Gasteiger partial charge is 0.219 e. The van der Waals surface area contributed by atoms with Crippen LogP contribution in [0.4, 0.5) is 5.69 Å². The van der Waals surface area contributed by atoms with Crippen LogP contribution in [0.1, 0.15) is 23.2 Å². The van der Waals surface area contributed by atoms with Crippen molar-refractivity contribution >= 4 is 16.9 Å². The highest BCUT2D eigenvalue weighted by Gasteiger charge is 2.26. The van der Waals surface area contributed by atoms with E-state index in [4.69, 9.17) is 4.42 Å². The SMILES string of the molecule is Cc1ccc2oc(C3Cc4ccccc4N3)nc2n1. The number of anilines is 1. The number of rotatable bonds is 1. The van der Waals surface area contributed by atoms with E-state index in [1.807, 2.05) is 25.1 Å². The second kappa shape index (κ2) is 3.82. The zero-order valence-corrected chi connectivity index (χ0v) is 10.6. The zero-order valence-electron chi connectivity index (χ0n) is 10.6. The van der Waals surface area contributed by atoms with Gasteiger partial charge in [-0.15, -0.1) is 0 Å². The number of para-hydroxylation sites is 1. The maximum absolute atomic E-state index is 5.80. The van der Waals surface area contributed by atoms with Gasteiger partial charge in [-0.25, -0.2) is 4.98 Å². The number of hydrogen-bond donors (Lipinski definition) is 1. The number of aromatic nitrogens is 2. The molecule has 0 amide bonds. The Morgan fingerprint density at radius 1 is 1.16 bits per heavy atom. The number of hydrogen-bond acceptors (Lipinski definition) is 4. The van der Waals surface area contributed by atoms with Crippen molar-refractivity contribution in [1.82, 2.24) is 9.97 Å². The van der Waals surface area contributed by atoms with E-state index in [0.29, 0.717) is 11.5 Å². The van der Waals surface area contributed by atoms with E-state index < -0.39 is 0 Å². The summed E-state index contributed by atoms with van der Waals surface area (Å²) < 4.78 is 5.80. The Kier molecular flexibility index (Phi) is 2.12. The summed E-state index contributed by atoms with van der Waals surface area (Å²) in [5.41, 5.74) is 4.86. The number of aryl methyl sites for hydroxylation is 1. The molecular weight excluding hydrogens is 238 g/mol. The summed E-state index contributed by atoms with van der Waals surface area (Å²) in [6, 6.07) is 12.3. The standard InChI is InChI=1S/C15H13N3O/c1-9-6-7-13-14(16-9)18-15(19-13)12-8-10-4-2-3-5-11(10)17-12/h2-7,12,17H,8H2,1H3. The molecule has 0 saturated heterocycles. The van der Waals surface area contributed by atoms with Gasteiger partial charge in [-0.2, -0.15) is 4.98 Å². The molecule has 2 aromatic heterocycles. The molecule has 0 bridgehead atoms. The molecule has 0 radical (unpaired) electrons. The largest absolute Gasteiger partial charge is 0.437 e. The van der Waals surface area contributed by atoms with E-state index in [0.717, 1.165) is 17.7 Å². The lowest BCUT2D eigenvalue weighted by Crippen LogP contribution is -2.05. The van der Waals surface area contributed by atoms with Gasteiger partial charge in [-0.1, -0.05) is 18.2 Å². The first-order chi connectivity index (χ1) is 9.29. The molecule has 1 unspecified atom stereocenters. The van der Waals surface area contributed by atoms with Gasteiger partial charge >= 0.3 is 0 Å². The Morgan fingerprint density at radius 2 is 2.05 bits per heavy atom. The van der Waals surface area contributed by atoms with Crippen molar-refractivity contribution in [3.05, 3.63) is 53.5 Å². The highest BCUT2D eigenvalue weighted by molar-refractivity contribution is 5.68. The summed E-state index contributed by atoms with van der Waals surface area (Å²) in [7, 11) is 0. The van der Waals surface area contributed by atoms with Gasteiger partial charge < -0.3 is 9.73 Å². The molecule has 4 heteroatoms. The molecule has 0 aliphatic carbocycles. The van der Waals surface area contributed by atoms with Gasteiger partial charge in [-0.05, 0) is 30.7 Å². The summed E-state index contributed by atoms with van der Waals surface area (Å²) in [6.45, 7) is 1.96. The fraction of sp³-hybridized carbons (Fsp3) is 0.200. The van der Waals surface area contributed by atoms with Crippen LogP contribution < -0.4 is 5.32 Å². The number of nitrogens with one attached hydrogen (secondary N) is 1. The minimum absolute atomic E-state index is 0.104. The van der Waals surface area contributed by atoms with Crippen LogP contribution in [0.25, 0.3) is 11.2 Å². The monoisotopic (exact) mass is 251 g/mol. The average Bonchev–Trinajstić information content (AvgIpc) is 3.00. The van der Waals surface area contributed by atoms with Crippen molar-refractivity contribution in [3.8, 4) is 0 Å². The average molecular weight is 251 g/mol. The molecule has 1 aromatic carbocycles. The van der Waals surface area contributed by atoms with Crippen LogP contribution in [0.3, 0.4) is 0 Å². The fourth-order valence-corrected chi connectivity index (χ4v) is 2.53. The van der Waals surface area contributed by atoms with Crippen molar-refractivity contribution in [2.24, 2.45) is 0 Å². The van der Waals surface area contributed by atoms with E-state index in [1.54, 1.807) is 0 Å². The number of pyridine rings is 1. The first kappa shape index (κ1) is 10.6. The number of benzene rings is 1. The summed E-state index contributed by atoms with van der Waals surface area (Å²) in [5.74, 6) is 0.712. The molecule has 4 nitrogen and oxygen atoms in total. The molecule has 1 aliphatic heterocycles. The van der Waals surface area contributed by atoms with Crippen molar-refractivity contribution < 1.29 is 4.42 Å². The molecule has 0 spiro atoms. The topological polar surface area (TPSA) is 51.0 Å². The third kappa shape index (κ3) is 1.68. The molecule has 4 rings (SSSR count). The summed E-state index contributed by atoms with van der Waals surface area (Å²) in [6.07, 6.45) is 0.905. The summed E-state index contributed by atoms with van der Waals surface area (Å²) >= 11 is 0. The van der Waals surface area contributed by atoms with E-state index >= 15 is 0 Å².